The number of ether oxygens (including phenoxy) is 3. The van der Waals surface area contributed by atoms with Crippen LogP contribution in [0.25, 0.3) is 0 Å². The van der Waals surface area contributed by atoms with E-state index in [1.807, 2.05) is 12.2 Å². The molecule has 0 N–H and O–H groups in total. The maximum atomic E-state index is 12.8. The Morgan fingerprint density at radius 1 is 0.364 bits per heavy atom. The second kappa shape index (κ2) is 55.6. The topological polar surface area (TPSA) is 61.8 Å². The van der Waals surface area contributed by atoms with Crippen molar-refractivity contribution in [3.63, 3.8) is 0 Å². The first-order chi connectivity index (χ1) is 32.6. The van der Waals surface area contributed by atoms with Crippen LogP contribution in [-0.4, -0.2) is 37.9 Å². The van der Waals surface area contributed by atoms with E-state index in [-0.39, 0.29) is 31.6 Å². The molecule has 0 spiro atoms. The summed E-state index contributed by atoms with van der Waals surface area (Å²) < 4.78 is 17.3. The Balaban J connectivity index is 4.44. The molecule has 0 amide bonds. The molecule has 0 aliphatic heterocycles. The summed E-state index contributed by atoms with van der Waals surface area (Å²) in [4.78, 5) is 25.4. The van der Waals surface area contributed by atoms with Crippen molar-refractivity contribution in [2.45, 2.75) is 232 Å². The highest BCUT2D eigenvalue weighted by atomic mass is 16.6. The van der Waals surface area contributed by atoms with Gasteiger partial charge in [-0.1, -0.05) is 226 Å². The number of esters is 2. The molecule has 0 aromatic rings. The predicted octanol–water partition coefficient (Wildman–Crippen LogP) is 18.6. The van der Waals surface area contributed by atoms with Crippen LogP contribution in [-0.2, 0) is 23.8 Å². The molecule has 0 aromatic heterocycles. The second-order valence-electron chi connectivity index (χ2n) is 17.4. The van der Waals surface area contributed by atoms with E-state index in [1.165, 1.54) is 89.9 Å². The quantitative estimate of drug-likeness (QED) is 0.0346. The molecule has 0 aliphatic carbocycles. The smallest absolute Gasteiger partial charge is 0.310 e. The summed E-state index contributed by atoms with van der Waals surface area (Å²) in [5.74, 6) is -0.578. The van der Waals surface area contributed by atoms with Gasteiger partial charge >= 0.3 is 11.9 Å². The lowest BCUT2D eigenvalue weighted by Gasteiger charge is -2.18. The first-order valence-electron chi connectivity index (χ1n) is 27.1. The van der Waals surface area contributed by atoms with Crippen molar-refractivity contribution in [2.24, 2.45) is 0 Å². The number of carbonyl (C=O) groups excluding carboxylic acids is 2. The lowest BCUT2D eigenvalue weighted by molar-refractivity contribution is -0.162. The van der Waals surface area contributed by atoms with Gasteiger partial charge in [0.2, 0.25) is 0 Å². The zero-order chi connectivity index (χ0) is 47.7. The van der Waals surface area contributed by atoms with Crippen LogP contribution in [0.4, 0.5) is 0 Å². The lowest BCUT2D eigenvalue weighted by Crippen LogP contribution is -2.29. The third-order valence-electron chi connectivity index (χ3n) is 11.0. The molecule has 66 heavy (non-hydrogen) atoms. The van der Waals surface area contributed by atoms with Gasteiger partial charge in [-0.2, -0.15) is 0 Å². The number of hydrogen-bond donors (Lipinski definition) is 0. The van der Waals surface area contributed by atoms with Crippen molar-refractivity contribution in [1.29, 1.82) is 0 Å². The summed E-state index contributed by atoms with van der Waals surface area (Å²) in [5, 5.41) is 0. The Hall–Kier alpha value is -3.70. The zero-order valence-electron chi connectivity index (χ0n) is 42.9. The van der Waals surface area contributed by atoms with Gasteiger partial charge in [0.1, 0.15) is 6.61 Å². The maximum Gasteiger partial charge on any atom is 0.310 e. The number of rotatable bonds is 48. The fourth-order valence-corrected chi connectivity index (χ4v) is 7.04. The maximum absolute atomic E-state index is 12.8. The van der Waals surface area contributed by atoms with E-state index in [0.717, 1.165) is 103 Å². The van der Waals surface area contributed by atoms with E-state index in [9.17, 15) is 9.59 Å². The normalized spacial score (nSPS) is 13.2. The molecule has 0 fully saturated rings. The summed E-state index contributed by atoms with van der Waals surface area (Å²) in [6.07, 6.45) is 78.1. The molecule has 1 atom stereocenters. The van der Waals surface area contributed by atoms with Gasteiger partial charge in [-0.15, -0.1) is 0 Å². The molecule has 0 saturated heterocycles. The van der Waals surface area contributed by atoms with Gasteiger partial charge in [-0.05, 0) is 109 Å². The summed E-state index contributed by atoms with van der Waals surface area (Å²) in [5.41, 5.74) is 0. The Morgan fingerprint density at radius 2 is 0.727 bits per heavy atom. The molecule has 0 aliphatic rings. The van der Waals surface area contributed by atoms with Crippen LogP contribution in [0.5, 0.6) is 0 Å². The molecule has 1 unspecified atom stereocenters. The van der Waals surface area contributed by atoms with Gasteiger partial charge in [0.15, 0.2) is 6.10 Å². The van der Waals surface area contributed by atoms with Gasteiger partial charge in [0.25, 0.3) is 0 Å². The molecule has 5 nitrogen and oxygen atoms in total. The van der Waals surface area contributed by atoms with Crippen LogP contribution in [0, 0.1) is 0 Å². The van der Waals surface area contributed by atoms with Crippen molar-refractivity contribution in [3.05, 3.63) is 122 Å². The number of allylic oxidation sites excluding steroid dienone is 19. The minimum absolute atomic E-state index is 0.0248. The Kier molecular flexibility index (Phi) is 52.5. The third kappa shape index (κ3) is 52.9. The van der Waals surface area contributed by atoms with Crippen molar-refractivity contribution in [2.75, 3.05) is 19.8 Å². The van der Waals surface area contributed by atoms with Crippen LogP contribution in [0.15, 0.2) is 122 Å². The van der Waals surface area contributed by atoms with Crippen LogP contribution in [0.1, 0.15) is 226 Å². The van der Waals surface area contributed by atoms with E-state index < -0.39 is 6.10 Å². The fraction of sp³-hybridized carbons (Fsp3) is 0.639. The van der Waals surface area contributed by atoms with Crippen molar-refractivity contribution >= 4 is 11.9 Å². The first-order valence-corrected chi connectivity index (χ1v) is 27.1. The predicted molar refractivity (Wildman–Crippen MR) is 288 cm³/mol. The van der Waals surface area contributed by atoms with Crippen LogP contribution in [0.2, 0.25) is 0 Å². The summed E-state index contributed by atoms with van der Waals surface area (Å²) in [6, 6.07) is 0. The molecule has 0 rings (SSSR count). The monoisotopic (exact) mass is 913 g/mol. The lowest BCUT2D eigenvalue weighted by atomic mass is 10.1. The molecule has 0 radical (unpaired) electrons. The largest absolute Gasteiger partial charge is 0.462 e. The van der Waals surface area contributed by atoms with E-state index in [0.29, 0.717) is 13.0 Å². The molecule has 374 valence electrons. The van der Waals surface area contributed by atoms with E-state index in [4.69, 9.17) is 14.2 Å². The molecule has 0 heterocycles. The highest BCUT2D eigenvalue weighted by Gasteiger charge is 2.17. The van der Waals surface area contributed by atoms with Crippen molar-refractivity contribution in [1.82, 2.24) is 0 Å². The minimum atomic E-state index is -0.611. The van der Waals surface area contributed by atoms with E-state index >= 15 is 0 Å². The highest BCUT2D eigenvalue weighted by Crippen LogP contribution is 2.13. The third-order valence-corrected chi connectivity index (χ3v) is 11.0. The molecule has 0 saturated carbocycles. The van der Waals surface area contributed by atoms with Crippen LogP contribution in [0.3, 0.4) is 0 Å². The average Bonchev–Trinajstić information content (AvgIpc) is 3.32. The second-order valence-corrected chi connectivity index (χ2v) is 17.4. The van der Waals surface area contributed by atoms with Crippen molar-refractivity contribution < 1.29 is 23.8 Å². The van der Waals surface area contributed by atoms with Gasteiger partial charge in [-0.25, -0.2) is 0 Å². The van der Waals surface area contributed by atoms with Gasteiger partial charge in [-0.3, -0.25) is 9.59 Å². The Bertz CT molecular complexity index is 1350. The van der Waals surface area contributed by atoms with E-state index in [2.05, 4.69) is 130 Å². The number of carbonyl (C=O) groups is 2. The average molecular weight is 913 g/mol. The molecular weight excluding hydrogens is 813 g/mol. The molecule has 0 bridgehead atoms. The van der Waals surface area contributed by atoms with Gasteiger partial charge in [0.05, 0.1) is 13.0 Å². The van der Waals surface area contributed by atoms with Crippen LogP contribution < -0.4 is 0 Å². The standard InChI is InChI=1S/C61H100O5/c1-4-7-10-13-16-19-22-25-28-30-32-35-38-41-44-47-50-53-56-64-57-59(66-61(63)55-52-49-46-43-40-37-33-27-24-21-18-15-12-9-6-3)58-65-60(62)54-51-48-45-42-39-36-34-31-29-26-23-20-17-14-11-8-5-2/h8-9,11-12,17-18,20-21,25-29,33-34,36,40,43,49,52,59H,4-7,10,13-16,19,22-24,30-32,35,37-39,41-42,44-48,50-51,53-58H2,1-3H3/b11-8-,12-9-,20-17-,21-18-,28-25-,29-26-,33-27-,36-34-,43-40-,52-49-. The summed E-state index contributed by atoms with van der Waals surface area (Å²) >= 11 is 0. The Labute approximate surface area is 407 Å². The van der Waals surface area contributed by atoms with Gasteiger partial charge < -0.3 is 14.2 Å². The number of unbranched alkanes of at least 4 members (excludes halogenated alkanes) is 18. The van der Waals surface area contributed by atoms with Gasteiger partial charge in [0, 0.05) is 13.0 Å². The summed E-state index contributed by atoms with van der Waals surface area (Å²) in [6.45, 7) is 7.45. The van der Waals surface area contributed by atoms with Crippen LogP contribution >= 0.6 is 0 Å². The Morgan fingerprint density at radius 3 is 1.18 bits per heavy atom. The molecule has 0 aromatic carbocycles. The minimum Gasteiger partial charge on any atom is -0.462 e. The zero-order valence-corrected chi connectivity index (χ0v) is 42.9. The molecular formula is C61H100O5. The highest BCUT2D eigenvalue weighted by molar-refractivity contribution is 5.71. The van der Waals surface area contributed by atoms with Crippen molar-refractivity contribution in [3.8, 4) is 0 Å². The van der Waals surface area contributed by atoms with E-state index in [1.54, 1.807) is 0 Å². The molecule has 5 heteroatoms. The fourth-order valence-electron chi connectivity index (χ4n) is 7.04. The summed E-state index contributed by atoms with van der Waals surface area (Å²) in [7, 11) is 0. The first kappa shape index (κ1) is 62.3. The number of hydrogen-bond acceptors (Lipinski definition) is 5. The SMILES string of the molecule is CC/C=C\C/C=C\C/C=C\C/C=C\C/C=C\CC(=O)OC(COCCCCCCCCCC/C=C\CCCCCCCC)COC(=O)CCCCCC/C=C\C/C=C\C/C=C\C/C=C\CC.